The van der Waals surface area contributed by atoms with Crippen molar-refractivity contribution in [2.45, 2.75) is 9.79 Å². The summed E-state index contributed by atoms with van der Waals surface area (Å²) < 4.78 is 11.8. The van der Waals surface area contributed by atoms with E-state index in [0.29, 0.717) is 32.8 Å². The van der Waals surface area contributed by atoms with Crippen LogP contribution in [0.2, 0.25) is 0 Å². The molecule has 0 atom stereocenters. The normalized spacial score (nSPS) is 12.8. The lowest BCUT2D eigenvalue weighted by Crippen LogP contribution is -2.13. The number of halogens is 1. The van der Waals surface area contributed by atoms with Crippen LogP contribution in [0.5, 0.6) is 11.5 Å². The molecule has 0 spiro atoms. The summed E-state index contributed by atoms with van der Waals surface area (Å²) in [6, 6.07) is 7.54. The second-order valence-corrected chi connectivity index (χ2v) is 6.79. The van der Waals surface area contributed by atoms with Gasteiger partial charge in [-0.1, -0.05) is 23.9 Å². The summed E-state index contributed by atoms with van der Waals surface area (Å²) in [6.07, 6.45) is 0. The van der Waals surface area contributed by atoms with Gasteiger partial charge in [-0.15, -0.1) is 0 Å². The van der Waals surface area contributed by atoms with Gasteiger partial charge in [-0.25, -0.2) is 4.99 Å². The fraction of sp³-hybridized carbons (Fsp3) is 0.125. The number of hydrogen-bond acceptors (Lipinski definition) is 6. The van der Waals surface area contributed by atoms with E-state index < -0.39 is 0 Å². The Hall–Kier alpha value is -2.19. The van der Waals surface area contributed by atoms with Crippen LogP contribution in [0.1, 0.15) is 11.1 Å². The van der Waals surface area contributed by atoms with Crippen molar-refractivity contribution in [3.63, 3.8) is 0 Å². The molecule has 8 heteroatoms. The molecule has 0 radical (unpaired) electrons. The molecule has 1 aliphatic rings. The third kappa shape index (κ3) is 2.51. The van der Waals surface area contributed by atoms with Crippen molar-refractivity contribution >= 4 is 45.1 Å². The Balaban J connectivity index is 2.27. The van der Waals surface area contributed by atoms with Crippen LogP contribution >= 0.6 is 27.7 Å². The first-order valence-electron chi connectivity index (χ1n) is 6.92. The molecular weight excluding hydrogens is 392 g/mol. The number of fused-ring (bicyclic) bond motifs is 1. The van der Waals surface area contributed by atoms with E-state index in [4.69, 9.17) is 26.4 Å². The first-order chi connectivity index (χ1) is 11.5. The second-order valence-electron chi connectivity index (χ2n) is 4.95. The Kier molecular flexibility index (Phi) is 4.42. The highest BCUT2D eigenvalue weighted by atomic mass is 79.9. The maximum absolute atomic E-state index is 8.05. The van der Waals surface area contributed by atoms with Crippen LogP contribution in [-0.4, -0.2) is 25.9 Å². The van der Waals surface area contributed by atoms with Gasteiger partial charge in [-0.2, -0.15) is 0 Å². The topological polar surface area (TPSA) is 107 Å². The molecule has 0 saturated carbocycles. The molecule has 0 aromatic heterocycles. The average molecular weight is 407 g/mol. The summed E-state index contributed by atoms with van der Waals surface area (Å²) >= 11 is 4.99. The van der Waals surface area contributed by atoms with Crippen LogP contribution in [0.15, 0.2) is 43.5 Å². The van der Waals surface area contributed by atoms with Gasteiger partial charge in [-0.3, -0.25) is 5.41 Å². The SMILES string of the molecule is COc1c(Br)c(Sc2ccccc2N)c(OC)c2c1C(=N)N=C2N. The Labute approximate surface area is 151 Å². The monoisotopic (exact) mass is 406 g/mol. The number of nitrogens with zero attached hydrogens (tertiary/aromatic N) is 1. The van der Waals surface area contributed by atoms with Gasteiger partial charge in [0.05, 0.1) is 34.7 Å². The number of ether oxygens (including phenoxy) is 2. The Bertz CT molecular complexity index is 883. The van der Waals surface area contributed by atoms with Crippen molar-refractivity contribution in [1.29, 1.82) is 5.41 Å². The van der Waals surface area contributed by atoms with Crippen molar-refractivity contribution in [2.75, 3.05) is 20.0 Å². The van der Waals surface area contributed by atoms with Gasteiger partial charge in [0.2, 0.25) is 0 Å². The van der Waals surface area contributed by atoms with E-state index in [1.807, 2.05) is 24.3 Å². The zero-order valence-corrected chi connectivity index (χ0v) is 15.4. The fourth-order valence-corrected chi connectivity index (χ4v) is 4.31. The number of nitrogen functional groups attached to an aromatic ring is 1. The lowest BCUT2D eigenvalue weighted by Gasteiger charge is -2.19. The molecule has 0 fully saturated rings. The summed E-state index contributed by atoms with van der Waals surface area (Å²) in [5.41, 5.74) is 13.8. The number of anilines is 1. The van der Waals surface area contributed by atoms with E-state index >= 15 is 0 Å². The molecule has 2 aromatic carbocycles. The lowest BCUT2D eigenvalue weighted by molar-refractivity contribution is 0.390. The summed E-state index contributed by atoms with van der Waals surface area (Å²) in [5, 5.41) is 8.05. The van der Waals surface area contributed by atoms with Crippen LogP contribution in [0.4, 0.5) is 5.69 Å². The number of para-hydroxylation sites is 1. The van der Waals surface area contributed by atoms with Crippen LogP contribution in [0, 0.1) is 5.41 Å². The molecule has 5 N–H and O–H groups in total. The Morgan fingerprint density at radius 3 is 2.38 bits per heavy atom. The van der Waals surface area contributed by atoms with Crippen LogP contribution < -0.4 is 20.9 Å². The largest absolute Gasteiger partial charge is 0.495 e. The summed E-state index contributed by atoms with van der Waals surface area (Å²) in [4.78, 5) is 5.68. The van der Waals surface area contributed by atoms with E-state index in [2.05, 4.69) is 20.9 Å². The van der Waals surface area contributed by atoms with Crippen molar-refractivity contribution < 1.29 is 9.47 Å². The maximum atomic E-state index is 8.05. The number of methoxy groups -OCH3 is 2. The maximum Gasteiger partial charge on any atom is 0.158 e. The first kappa shape index (κ1) is 16.7. The van der Waals surface area contributed by atoms with Crippen molar-refractivity contribution in [3.05, 3.63) is 39.9 Å². The van der Waals surface area contributed by atoms with Crippen molar-refractivity contribution in [1.82, 2.24) is 0 Å². The van der Waals surface area contributed by atoms with Gasteiger partial charge in [0.25, 0.3) is 0 Å². The molecule has 0 amide bonds. The predicted molar refractivity (Wildman–Crippen MR) is 99.8 cm³/mol. The molecule has 6 nitrogen and oxygen atoms in total. The van der Waals surface area contributed by atoms with E-state index in [9.17, 15) is 0 Å². The van der Waals surface area contributed by atoms with E-state index in [0.717, 1.165) is 9.79 Å². The molecule has 2 aromatic rings. The van der Waals surface area contributed by atoms with E-state index in [1.54, 1.807) is 14.2 Å². The molecule has 0 bridgehead atoms. The van der Waals surface area contributed by atoms with E-state index in [-0.39, 0.29) is 11.7 Å². The zero-order chi connectivity index (χ0) is 17.4. The fourth-order valence-electron chi connectivity index (χ4n) is 2.52. The molecule has 24 heavy (non-hydrogen) atoms. The quantitative estimate of drug-likeness (QED) is 0.675. The minimum atomic E-state index is 0.0501. The minimum absolute atomic E-state index is 0.0501. The van der Waals surface area contributed by atoms with Gasteiger partial charge in [0, 0.05) is 10.6 Å². The average Bonchev–Trinajstić information content (AvgIpc) is 2.85. The number of amidine groups is 2. The number of rotatable bonds is 4. The highest BCUT2D eigenvalue weighted by Crippen LogP contribution is 2.51. The Morgan fingerprint density at radius 1 is 1.08 bits per heavy atom. The summed E-state index contributed by atoms with van der Waals surface area (Å²) in [5.74, 6) is 1.32. The van der Waals surface area contributed by atoms with E-state index in [1.165, 1.54) is 11.8 Å². The molecular formula is C16H15BrN4O2S. The predicted octanol–water partition coefficient (Wildman–Crippen LogP) is 3.24. The summed E-state index contributed by atoms with van der Waals surface area (Å²) in [6.45, 7) is 0. The number of nitrogens with two attached hydrogens (primary N) is 2. The van der Waals surface area contributed by atoms with Crippen LogP contribution in [-0.2, 0) is 0 Å². The molecule has 0 saturated heterocycles. The van der Waals surface area contributed by atoms with Gasteiger partial charge in [-0.05, 0) is 28.1 Å². The third-order valence-corrected chi connectivity index (χ3v) is 5.78. The first-order valence-corrected chi connectivity index (χ1v) is 8.53. The molecule has 3 rings (SSSR count). The van der Waals surface area contributed by atoms with Crippen molar-refractivity contribution in [3.8, 4) is 11.5 Å². The van der Waals surface area contributed by atoms with Crippen LogP contribution in [0.25, 0.3) is 0 Å². The molecule has 0 unspecified atom stereocenters. The molecule has 0 aliphatic carbocycles. The lowest BCUT2D eigenvalue weighted by atomic mass is 10.1. The highest BCUT2D eigenvalue weighted by molar-refractivity contribution is 9.10. The second kappa shape index (κ2) is 6.37. The van der Waals surface area contributed by atoms with Crippen LogP contribution in [0.3, 0.4) is 0 Å². The number of benzene rings is 2. The standard InChI is InChI=1S/C16H15BrN4O2S/c1-22-12-9-10(16(20)21-15(9)19)13(23-2)14(11(12)17)24-8-6-4-3-5-7(8)18/h3-6H,18H2,1-2H3,(H3,19,20,21). The Morgan fingerprint density at radius 2 is 1.75 bits per heavy atom. The molecule has 1 heterocycles. The van der Waals surface area contributed by atoms with Gasteiger partial charge >= 0.3 is 0 Å². The minimum Gasteiger partial charge on any atom is -0.495 e. The smallest absolute Gasteiger partial charge is 0.158 e. The third-order valence-electron chi connectivity index (χ3n) is 3.57. The van der Waals surface area contributed by atoms with Gasteiger partial charge in [0.1, 0.15) is 17.3 Å². The van der Waals surface area contributed by atoms with Gasteiger partial charge < -0.3 is 20.9 Å². The zero-order valence-electron chi connectivity index (χ0n) is 13.0. The number of aliphatic imine (C=N–C) groups is 1. The molecule has 124 valence electrons. The highest BCUT2D eigenvalue weighted by Gasteiger charge is 2.33. The summed E-state index contributed by atoms with van der Waals surface area (Å²) in [7, 11) is 3.10. The van der Waals surface area contributed by atoms with Crippen molar-refractivity contribution in [2.24, 2.45) is 10.7 Å². The number of nitrogens with one attached hydrogen (secondary N) is 1. The number of hydrogen-bond donors (Lipinski definition) is 3. The molecule has 1 aliphatic heterocycles. The van der Waals surface area contributed by atoms with Gasteiger partial charge in [0.15, 0.2) is 5.84 Å².